The summed E-state index contributed by atoms with van der Waals surface area (Å²) in [5, 5.41) is 13.1. The Morgan fingerprint density at radius 2 is 1.82 bits per heavy atom. The number of hydrogen-bond donors (Lipinski definition) is 3. The number of nitrogens with one attached hydrogen (secondary N) is 2. The molecule has 0 amide bonds. The maximum absolute atomic E-state index is 9.81. The first-order chi connectivity index (χ1) is 16.7. The molecule has 0 bridgehead atoms. The number of benzene rings is 1. The second-order valence-corrected chi connectivity index (χ2v) is 8.56. The number of aromatic nitrogens is 5. The average Bonchev–Trinajstić information content (AvgIpc) is 3.54. The van der Waals surface area contributed by atoms with Crippen LogP contribution >= 0.6 is 0 Å². The second kappa shape index (κ2) is 8.88. The molecular formula is C24H26N8O2. The monoisotopic (exact) mass is 458 g/mol. The van der Waals surface area contributed by atoms with Crippen LogP contribution in [0.1, 0.15) is 6.42 Å². The second-order valence-electron chi connectivity index (χ2n) is 8.56. The van der Waals surface area contributed by atoms with E-state index in [1.807, 2.05) is 30.5 Å². The molecule has 34 heavy (non-hydrogen) atoms. The highest BCUT2D eigenvalue weighted by molar-refractivity contribution is 5.88. The van der Waals surface area contributed by atoms with Crippen LogP contribution in [0.25, 0.3) is 22.4 Å². The first kappa shape index (κ1) is 20.8. The molecule has 3 aromatic heterocycles. The van der Waals surface area contributed by atoms with Crippen LogP contribution in [-0.2, 0) is 4.74 Å². The van der Waals surface area contributed by atoms with Gasteiger partial charge in [0, 0.05) is 49.3 Å². The van der Waals surface area contributed by atoms with Crippen molar-refractivity contribution in [3.05, 3.63) is 48.9 Å². The van der Waals surface area contributed by atoms with Gasteiger partial charge in [-0.2, -0.15) is 4.98 Å². The number of morpholine rings is 1. The van der Waals surface area contributed by atoms with Crippen molar-refractivity contribution >= 4 is 34.3 Å². The third-order valence-electron chi connectivity index (χ3n) is 6.29. The number of β-amino-alcohol motifs (C(OH)–C–C–N with tert-alkyl or cyclic N) is 1. The summed E-state index contributed by atoms with van der Waals surface area (Å²) >= 11 is 0. The van der Waals surface area contributed by atoms with Gasteiger partial charge in [-0.3, -0.25) is 0 Å². The summed E-state index contributed by atoms with van der Waals surface area (Å²) in [5.74, 6) is 1.33. The molecule has 1 atom stereocenters. The molecule has 3 N–H and O–H groups in total. The minimum Gasteiger partial charge on any atom is -0.391 e. The molecule has 0 spiro atoms. The van der Waals surface area contributed by atoms with Gasteiger partial charge in [-0.1, -0.05) is 0 Å². The fourth-order valence-corrected chi connectivity index (χ4v) is 4.47. The number of aliphatic hydroxyl groups excluding tert-OH is 1. The number of imidazole rings is 1. The van der Waals surface area contributed by atoms with Gasteiger partial charge in [-0.15, -0.1) is 0 Å². The van der Waals surface area contributed by atoms with E-state index in [4.69, 9.17) is 9.72 Å². The van der Waals surface area contributed by atoms with Crippen molar-refractivity contribution in [2.75, 3.05) is 54.5 Å². The van der Waals surface area contributed by atoms with E-state index in [0.29, 0.717) is 18.1 Å². The van der Waals surface area contributed by atoms with Crippen LogP contribution in [0.3, 0.4) is 0 Å². The number of aliphatic hydroxyl groups is 1. The van der Waals surface area contributed by atoms with Crippen molar-refractivity contribution < 1.29 is 9.84 Å². The lowest BCUT2D eigenvalue weighted by Crippen LogP contribution is -2.36. The summed E-state index contributed by atoms with van der Waals surface area (Å²) in [7, 11) is 0. The maximum Gasteiger partial charge on any atom is 0.229 e. The van der Waals surface area contributed by atoms with Crippen molar-refractivity contribution in [1.82, 2.24) is 24.9 Å². The first-order valence-corrected chi connectivity index (χ1v) is 11.5. The summed E-state index contributed by atoms with van der Waals surface area (Å²) in [6.45, 7) is 4.75. The van der Waals surface area contributed by atoms with Crippen molar-refractivity contribution in [2.24, 2.45) is 0 Å². The maximum atomic E-state index is 9.81. The summed E-state index contributed by atoms with van der Waals surface area (Å²) in [4.78, 5) is 25.9. The zero-order chi connectivity index (χ0) is 22.9. The predicted molar refractivity (Wildman–Crippen MR) is 131 cm³/mol. The highest BCUT2D eigenvalue weighted by Crippen LogP contribution is 2.28. The fraction of sp³-hybridized carbons (Fsp3) is 0.333. The molecule has 0 radical (unpaired) electrons. The molecule has 0 aliphatic carbocycles. The molecule has 2 aliphatic rings. The minimum atomic E-state index is -0.287. The Hall–Kier alpha value is -3.76. The van der Waals surface area contributed by atoms with E-state index in [9.17, 15) is 5.11 Å². The smallest absolute Gasteiger partial charge is 0.229 e. The van der Waals surface area contributed by atoms with E-state index in [-0.39, 0.29) is 6.10 Å². The largest absolute Gasteiger partial charge is 0.391 e. The number of pyridine rings is 1. The molecule has 2 aliphatic heterocycles. The van der Waals surface area contributed by atoms with Crippen LogP contribution in [0.5, 0.6) is 0 Å². The van der Waals surface area contributed by atoms with Gasteiger partial charge in [0.05, 0.1) is 25.6 Å². The predicted octanol–water partition coefficient (Wildman–Crippen LogP) is 2.57. The molecule has 174 valence electrons. The molecule has 4 aromatic rings. The van der Waals surface area contributed by atoms with Gasteiger partial charge in [-0.05, 0) is 42.8 Å². The molecule has 1 aromatic carbocycles. The first-order valence-electron chi connectivity index (χ1n) is 11.5. The van der Waals surface area contributed by atoms with Crippen molar-refractivity contribution in [2.45, 2.75) is 12.5 Å². The lowest BCUT2D eigenvalue weighted by Gasteiger charge is -2.28. The van der Waals surface area contributed by atoms with E-state index in [1.165, 1.54) is 5.69 Å². The topological polar surface area (TPSA) is 115 Å². The summed E-state index contributed by atoms with van der Waals surface area (Å²) in [5.41, 5.74) is 5.03. The van der Waals surface area contributed by atoms with Crippen LogP contribution in [0.2, 0.25) is 0 Å². The molecule has 5 heterocycles. The third kappa shape index (κ3) is 4.13. The number of nitrogens with zero attached hydrogens (tertiary/aromatic N) is 6. The average molecular weight is 459 g/mol. The zero-order valence-corrected chi connectivity index (χ0v) is 18.7. The van der Waals surface area contributed by atoms with Crippen LogP contribution in [-0.4, -0.2) is 75.5 Å². The van der Waals surface area contributed by atoms with Crippen molar-refractivity contribution in [1.29, 1.82) is 0 Å². The molecule has 1 unspecified atom stereocenters. The number of rotatable bonds is 5. The minimum absolute atomic E-state index is 0.287. The Balaban J connectivity index is 1.25. The van der Waals surface area contributed by atoms with Gasteiger partial charge >= 0.3 is 0 Å². The Morgan fingerprint density at radius 1 is 0.971 bits per heavy atom. The zero-order valence-electron chi connectivity index (χ0n) is 18.7. The number of H-pyrrole nitrogens is 1. The Kier molecular flexibility index (Phi) is 5.44. The lowest BCUT2D eigenvalue weighted by molar-refractivity contribution is 0.122. The number of hydrogen-bond acceptors (Lipinski definition) is 9. The number of fused-ring (bicyclic) bond motifs is 1. The van der Waals surface area contributed by atoms with E-state index in [2.05, 4.69) is 47.2 Å². The summed E-state index contributed by atoms with van der Waals surface area (Å²) in [6.07, 6.45) is 3.91. The van der Waals surface area contributed by atoms with Crippen molar-refractivity contribution in [3.8, 4) is 11.3 Å². The van der Waals surface area contributed by atoms with Gasteiger partial charge in [0.2, 0.25) is 5.95 Å². The van der Waals surface area contributed by atoms with Gasteiger partial charge in [0.25, 0.3) is 0 Å². The SMILES string of the molecule is OC1CCN(c2ccc(-c3nc(Nc4ccc(N5CCOCC5)cc4)nc4nc[nH]c34)cn2)C1. The van der Waals surface area contributed by atoms with E-state index in [1.54, 1.807) is 6.33 Å². The molecule has 10 heteroatoms. The molecule has 2 fully saturated rings. The molecule has 0 saturated carbocycles. The van der Waals surface area contributed by atoms with Crippen LogP contribution in [0, 0.1) is 0 Å². The fourth-order valence-electron chi connectivity index (χ4n) is 4.47. The normalized spacial score (nSPS) is 18.6. The Labute approximate surface area is 196 Å². The molecule has 2 saturated heterocycles. The van der Waals surface area contributed by atoms with E-state index in [0.717, 1.165) is 67.5 Å². The van der Waals surface area contributed by atoms with Crippen LogP contribution < -0.4 is 15.1 Å². The Morgan fingerprint density at radius 3 is 2.56 bits per heavy atom. The lowest BCUT2D eigenvalue weighted by atomic mass is 10.2. The van der Waals surface area contributed by atoms with Gasteiger partial charge in [-0.25, -0.2) is 15.0 Å². The third-order valence-corrected chi connectivity index (χ3v) is 6.29. The van der Waals surface area contributed by atoms with Gasteiger partial charge < -0.3 is 29.9 Å². The molecule has 10 nitrogen and oxygen atoms in total. The highest BCUT2D eigenvalue weighted by atomic mass is 16.5. The summed E-state index contributed by atoms with van der Waals surface area (Å²) in [6, 6.07) is 12.2. The quantitative estimate of drug-likeness (QED) is 0.415. The molecular weight excluding hydrogens is 432 g/mol. The standard InChI is InChI=1S/C24H26N8O2/c33-19-7-8-32(14-19)20-6-1-16(13-25-20)21-22-23(27-15-26-22)30-24(29-21)28-17-2-4-18(5-3-17)31-9-11-34-12-10-31/h1-6,13,15,19,33H,7-12,14H2,(H2,26,27,28,29,30). The summed E-state index contributed by atoms with van der Waals surface area (Å²) < 4.78 is 5.44. The van der Waals surface area contributed by atoms with Gasteiger partial charge in [0.1, 0.15) is 17.0 Å². The van der Waals surface area contributed by atoms with Crippen molar-refractivity contribution in [3.63, 3.8) is 0 Å². The van der Waals surface area contributed by atoms with Crippen LogP contribution in [0.4, 0.5) is 23.1 Å². The van der Waals surface area contributed by atoms with Gasteiger partial charge in [0.15, 0.2) is 5.65 Å². The Bertz CT molecular complexity index is 1270. The highest BCUT2D eigenvalue weighted by Gasteiger charge is 2.21. The number of anilines is 4. The van der Waals surface area contributed by atoms with Crippen LogP contribution in [0.15, 0.2) is 48.9 Å². The molecule has 6 rings (SSSR count). The number of ether oxygens (including phenoxy) is 1. The van der Waals surface area contributed by atoms with E-state index < -0.39 is 0 Å². The van der Waals surface area contributed by atoms with E-state index >= 15 is 0 Å². The number of aromatic amines is 1.